The quantitative estimate of drug-likeness (QED) is 0.595. The van der Waals surface area contributed by atoms with Crippen LogP contribution >= 0.6 is 23.1 Å². The second-order valence-electron chi connectivity index (χ2n) is 6.26. The number of hydrogen-bond donors (Lipinski definition) is 2. The van der Waals surface area contributed by atoms with E-state index < -0.39 is 0 Å². The van der Waals surface area contributed by atoms with Crippen LogP contribution in [0.4, 0.5) is 5.69 Å². The topological polar surface area (TPSA) is 71.1 Å². The summed E-state index contributed by atoms with van der Waals surface area (Å²) in [5.41, 5.74) is 2.70. The molecule has 0 aliphatic carbocycles. The highest BCUT2D eigenvalue weighted by molar-refractivity contribution is 8.04. The Kier molecular flexibility index (Phi) is 5.88. The third kappa shape index (κ3) is 5.01. The van der Waals surface area contributed by atoms with Gasteiger partial charge in [-0.2, -0.15) is 0 Å². The number of benzene rings is 1. The van der Waals surface area contributed by atoms with Crippen LogP contribution in [0, 0.1) is 0 Å². The fraction of sp³-hybridized carbons (Fsp3) is 0.0455. The van der Waals surface area contributed by atoms with E-state index in [0.29, 0.717) is 11.4 Å². The lowest BCUT2D eigenvalue weighted by atomic mass is 10.2. The molecule has 0 radical (unpaired) electrons. The van der Waals surface area contributed by atoms with E-state index in [1.165, 1.54) is 29.2 Å². The zero-order valence-corrected chi connectivity index (χ0v) is 16.9. The van der Waals surface area contributed by atoms with Crippen LogP contribution in [0.3, 0.4) is 0 Å². The monoisotopic (exact) mass is 419 g/mol. The molecule has 4 rings (SSSR count). The predicted octanol–water partition coefficient (Wildman–Crippen LogP) is 4.56. The first-order valence-corrected chi connectivity index (χ1v) is 10.6. The van der Waals surface area contributed by atoms with Crippen LogP contribution in [0.15, 0.2) is 76.1 Å². The molecular weight excluding hydrogens is 402 g/mol. The Balaban J connectivity index is 1.38. The maximum atomic E-state index is 12.3. The van der Waals surface area contributed by atoms with Gasteiger partial charge in [-0.3, -0.25) is 14.6 Å². The van der Waals surface area contributed by atoms with Crippen molar-refractivity contribution in [3.05, 3.63) is 87.2 Å². The Morgan fingerprint density at radius 2 is 2.10 bits per heavy atom. The van der Waals surface area contributed by atoms with E-state index in [1.54, 1.807) is 18.5 Å². The smallest absolute Gasteiger partial charge is 0.262 e. The van der Waals surface area contributed by atoms with Crippen molar-refractivity contribution in [3.63, 3.8) is 0 Å². The molecular formula is C22H17N3O2S2. The van der Waals surface area contributed by atoms with E-state index in [1.807, 2.05) is 53.9 Å². The molecule has 0 fully saturated rings. The fourth-order valence-corrected chi connectivity index (χ4v) is 4.51. The Bertz CT molecular complexity index is 1100. The lowest BCUT2D eigenvalue weighted by Crippen LogP contribution is -2.20. The second kappa shape index (κ2) is 8.89. The average Bonchev–Trinajstić information content (AvgIpc) is 3.19. The van der Waals surface area contributed by atoms with Crippen LogP contribution in [-0.2, 0) is 16.1 Å². The first kappa shape index (κ1) is 19.2. The number of thiophene rings is 1. The predicted molar refractivity (Wildman–Crippen MR) is 118 cm³/mol. The number of nitrogens with one attached hydrogen (secondary N) is 2. The molecule has 3 aromatic rings. The zero-order valence-electron chi connectivity index (χ0n) is 15.3. The molecule has 7 heteroatoms. The molecule has 29 heavy (non-hydrogen) atoms. The number of para-hydroxylation sites is 1. The SMILES string of the molecule is O=C(/C=C/c1csc(C=C2Sc3ccccc3NC2=O)c1)NCc1cccnc1. The third-order valence-corrected chi connectivity index (χ3v) is 6.11. The van der Waals surface area contributed by atoms with Gasteiger partial charge in [0.15, 0.2) is 0 Å². The number of pyridine rings is 1. The molecule has 5 nitrogen and oxygen atoms in total. The molecule has 1 aromatic carbocycles. The number of amides is 2. The fourth-order valence-electron chi connectivity index (χ4n) is 2.69. The van der Waals surface area contributed by atoms with Crippen LogP contribution in [-0.4, -0.2) is 16.8 Å². The van der Waals surface area contributed by atoms with Crippen LogP contribution in [0.25, 0.3) is 12.2 Å². The van der Waals surface area contributed by atoms with Gasteiger partial charge in [0.1, 0.15) is 0 Å². The van der Waals surface area contributed by atoms with E-state index in [-0.39, 0.29) is 11.8 Å². The number of hydrogen-bond acceptors (Lipinski definition) is 5. The van der Waals surface area contributed by atoms with Crippen molar-refractivity contribution in [2.45, 2.75) is 11.4 Å². The van der Waals surface area contributed by atoms with Gasteiger partial charge in [0.25, 0.3) is 5.91 Å². The molecule has 2 amide bonds. The average molecular weight is 420 g/mol. The highest BCUT2D eigenvalue weighted by Gasteiger charge is 2.20. The molecule has 1 aliphatic rings. The van der Waals surface area contributed by atoms with Crippen molar-refractivity contribution in [1.82, 2.24) is 10.3 Å². The Labute approximate surface area is 176 Å². The molecule has 144 valence electrons. The molecule has 0 saturated heterocycles. The summed E-state index contributed by atoms with van der Waals surface area (Å²) >= 11 is 2.99. The van der Waals surface area contributed by atoms with Gasteiger partial charge in [-0.15, -0.1) is 11.3 Å². The Hall–Kier alpha value is -3.16. The minimum atomic E-state index is -0.168. The molecule has 0 unspecified atom stereocenters. The van der Waals surface area contributed by atoms with E-state index >= 15 is 0 Å². The number of nitrogens with zero attached hydrogens (tertiary/aromatic N) is 1. The maximum absolute atomic E-state index is 12.3. The number of fused-ring (bicyclic) bond motifs is 1. The molecule has 3 heterocycles. The van der Waals surface area contributed by atoms with E-state index in [4.69, 9.17) is 0 Å². The van der Waals surface area contributed by atoms with Gasteiger partial charge in [-0.25, -0.2) is 0 Å². The van der Waals surface area contributed by atoms with Crippen LogP contribution < -0.4 is 10.6 Å². The first-order chi connectivity index (χ1) is 14.2. The second-order valence-corrected chi connectivity index (χ2v) is 8.28. The summed E-state index contributed by atoms with van der Waals surface area (Å²) in [7, 11) is 0. The summed E-state index contributed by atoms with van der Waals surface area (Å²) in [5, 5.41) is 7.69. The first-order valence-electron chi connectivity index (χ1n) is 8.91. The van der Waals surface area contributed by atoms with Gasteiger partial charge in [-0.05, 0) is 52.9 Å². The minimum Gasteiger partial charge on any atom is -0.348 e. The molecule has 0 atom stereocenters. The third-order valence-electron chi connectivity index (χ3n) is 4.11. The van der Waals surface area contributed by atoms with Gasteiger partial charge in [-0.1, -0.05) is 30.0 Å². The van der Waals surface area contributed by atoms with Crippen LogP contribution in [0.2, 0.25) is 0 Å². The van der Waals surface area contributed by atoms with Gasteiger partial charge in [0.2, 0.25) is 5.91 Å². The maximum Gasteiger partial charge on any atom is 0.262 e. The summed E-state index contributed by atoms with van der Waals surface area (Å²) in [6, 6.07) is 13.4. The van der Waals surface area contributed by atoms with E-state index in [2.05, 4.69) is 15.6 Å². The Morgan fingerprint density at radius 3 is 2.97 bits per heavy atom. The molecule has 0 bridgehead atoms. The van der Waals surface area contributed by atoms with Crippen molar-refractivity contribution in [1.29, 1.82) is 0 Å². The number of anilines is 1. The normalized spacial score (nSPS) is 14.6. The van der Waals surface area contributed by atoms with Gasteiger partial charge in [0.05, 0.1) is 10.6 Å². The Morgan fingerprint density at radius 1 is 1.21 bits per heavy atom. The van der Waals surface area contributed by atoms with Gasteiger partial charge < -0.3 is 10.6 Å². The van der Waals surface area contributed by atoms with Gasteiger partial charge in [0, 0.05) is 34.8 Å². The van der Waals surface area contributed by atoms with Crippen LogP contribution in [0.1, 0.15) is 16.0 Å². The molecule has 1 aliphatic heterocycles. The summed E-state index contributed by atoms with van der Waals surface area (Å²) in [6.07, 6.45) is 8.57. The van der Waals surface area contributed by atoms with Crippen molar-refractivity contribution >= 4 is 52.8 Å². The molecule has 2 aromatic heterocycles. The summed E-state index contributed by atoms with van der Waals surface area (Å²) in [5.74, 6) is -0.271. The summed E-state index contributed by atoms with van der Waals surface area (Å²) < 4.78 is 0. The van der Waals surface area contributed by atoms with Crippen LogP contribution in [0.5, 0.6) is 0 Å². The minimum absolute atomic E-state index is 0.103. The van der Waals surface area contributed by atoms with Crippen molar-refractivity contribution < 1.29 is 9.59 Å². The molecule has 0 saturated carbocycles. The zero-order chi connectivity index (χ0) is 20.1. The highest BCUT2D eigenvalue weighted by Crippen LogP contribution is 2.39. The number of rotatable bonds is 5. The lowest BCUT2D eigenvalue weighted by Gasteiger charge is -2.17. The van der Waals surface area contributed by atoms with E-state index in [9.17, 15) is 9.59 Å². The number of carbonyl (C=O) groups is 2. The van der Waals surface area contributed by atoms with Gasteiger partial charge >= 0.3 is 0 Å². The lowest BCUT2D eigenvalue weighted by molar-refractivity contribution is -0.116. The van der Waals surface area contributed by atoms with Crippen molar-refractivity contribution in [3.8, 4) is 0 Å². The number of thioether (sulfide) groups is 1. The number of carbonyl (C=O) groups excluding carboxylic acids is 2. The van der Waals surface area contributed by atoms with Crippen molar-refractivity contribution in [2.75, 3.05) is 5.32 Å². The summed E-state index contributed by atoms with van der Waals surface area (Å²) in [4.78, 5) is 30.9. The summed E-state index contributed by atoms with van der Waals surface area (Å²) in [6.45, 7) is 0.436. The molecule has 0 spiro atoms. The molecule has 2 N–H and O–H groups in total. The highest BCUT2D eigenvalue weighted by atomic mass is 32.2. The largest absolute Gasteiger partial charge is 0.348 e. The standard InChI is InChI=1S/C22H17N3O2S2/c26-21(24-13-16-4-3-9-23-12-16)8-7-15-10-17(28-14-15)11-20-22(27)25-18-5-1-2-6-19(18)29-20/h1-12,14H,13H2,(H,24,26)(H,25,27)/b8-7+,20-11?. The van der Waals surface area contributed by atoms with E-state index in [0.717, 1.165) is 26.6 Å². The number of aromatic nitrogens is 1. The van der Waals surface area contributed by atoms with Crippen molar-refractivity contribution in [2.24, 2.45) is 0 Å².